The van der Waals surface area contributed by atoms with Gasteiger partial charge in [-0.05, 0) is 37.1 Å². The van der Waals surface area contributed by atoms with E-state index in [1.54, 1.807) is 0 Å². The van der Waals surface area contributed by atoms with Crippen LogP contribution in [0.3, 0.4) is 0 Å². The fourth-order valence-corrected chi connectivity index (χ4v) is 1.43. The van der Waals surface area contributed by atoms with Gasteiger partial charge >= 0.3 is 0 Å². The number of nitrogens with zero attached hydrogens (tertiary/aromatic N) is 1. The second-order valence-corrected chi connectivity index (χ2v) is 3.62. The number of hydrogen-bond acceptors (Lipinski definition) is 2. The van der Waals surface area contributed by atoms with Gasteiger partial charge in [0, 0.05) is 11.9 Å². The molecule has 0 aliphatic rings. The Morgan fingerprint density at radius 1 is 1.00 bits per heavy atom. The van der Waals surface area contributed by atoms with Gasteiger partial charge in [0.1, 0.15) is 0 Å². The molecule has 0 saturated carbocycles. The molecule has 76 valence electrons. The summed E-state index contributed by atoms with van der Waals surface area (Å²) in [6.07, 6.45) is 3.74. The number of para-hydroxylation sites is 1. The van der Waals surface area contributed by atoms with E-state index in [-0.39, 0.29) is 0 Å². The Kier molecular flexibility index (Phi) is 2.68. The summed E-state index contributed by atoms with van der Waals surface area (Å²) in [5.74, 6) is 0. The minimum Gasteiger partial charge on any atom is -0.354 e. The molecule has 0 aliphatic heterocycles. The van der Waals surface area contributed by atoms with E-state index in [0.717, 1.165) is 11.4 Å². The molecule has 0 amide bonds. The second kappa shape index (κ2) is 4.13. The predicted octanol–water partition coefficient (Wildman–Crippen LogP) is 3.44. The van der Waals surface area contributed by atoms with Gasteiger partial charge < -0.3 is 5.32 Å². The highest BCUT2D eigenvalue weighted by Gasteiger charge is 2.00. The smallest absolute Gasteiger partial charge is 0.0603 e. The lowest BCUT2D eigenvalue weighted by Crippen LogP contribution is -1.95. The number of nitrogens with one attached hydrogen (secondary N) is 1. The van der Waals surface area contributed by atoms with Crippen LogP contribution < -0.4 is 5.32 Å². The number of aryl methyl sites for hydroxylation is 1. The van der Waals surface area contributed by atoms with Crippen molar-refractivity contribution in [3.8, 4) is 0 Å². The van der Waals surface area contributed by atoms with Gasteiger partial charge in [-0.2, -0.15) is 0 Å². The summed E-state index contributed by atoms with van der Waals surface area (Å²) in [6.45, 7) is 4.17. The monoisotopic (exact) mass is 198 g/mol. The van der Waals surface area contributed by atoms with E-state index in [9.17, 15) is 0 Å². The molecule has 0 saturated heterocycles. The quantitative estimate of drug-likeness (QED) is 0.799. The van der Waals surface area contributed by atoms with Crippen LogP contribution in [-0.2, 0) is 0 Å². The van der Waals surface area contributed by atoms with Crippen LogP contribution in [0.5, 0.6) is 0 Å². The van der Waals surface area contributed by atoms with Crippen LogP contribution in [-0.4, -0.2) is 4.98 Å². The normalized spacial score (nSPS) is 10.0. The Morgan fingerprint density at radius 2 is 1.73 bits per heavy atom. The van der Waals surface area contributed by atoms with Crippen LogP contribution in [0.4, 0.5) is 11.4 Å². The Labute approximate surface area is 90.0 Å². The standard InChI is InChI=1S/C13H14N2/c1-10-8-14-9-13(11(10)2)15-12-6-4-3-5-7-12/h3-9,15H,1-2H3. The van der Waals surface area contributed by atoms with Gasteiger partial charge in [-0.15, -0.1) is 0 Å². The van der Waals surface area contributed by atoms with Gasteiger partial charge in [0.15, 0.2) is 0 Å². The molecule has 0 spiro atoms. The van der Waals surface area contributed by atoms with Crippen molar-refractivity contribution in [1.29, 1.82) is 0 Å². The molecule has 0 unspecified atom stereocenters. The average Bonchev–Trinajstić information content (AvgIpc) is 2.26. The average molecular weight is 198 g/mol. The van der Waals surface area contributed by atoms with Crippen LogP contribution in [0.2, 0.25) is 0 Å². The minimum absolute atomic E-state index is 1.07. The van der Waals surface area contributed by atoms with Crippen molar-refractivity contribution in [2.75, 3.05) is 5.32 Å². The fourth-order valence-electron chi connectivity index (χ4n) is 1.43. The first kappa shape index (κ1) is 9.71. The Balaban J connectivity index is 2.29. The number of pyridine rings is 1. The maximum Gasteiger partial charge on any atom is 0.0603 e. The third-order valence-corrected chi connectivity index (χ3v) is 2.52. The van der Waals surface area contributed by atoms with Crippen LogP contribution in [0.15, 0.2) is 42.7 Å². The first-order chi connectivity index (χ1) is 7.27. The van der Waals surface area contributed by atoms with Crippen molar-refractivity contribution in [2.45, 2.75) is 13.8 Å². The van der Waals surface area contributed by atoms with E-state index < -0.39 is 0 Å². The molecule has 2 aromatic rings. The first-order valence-electron chi connectivity index (χ1n) is 5.00. The van der Waals surface area contributed by atoms with E-state index in [4.69, 9.17) is 0 Å². The van der Waals surface area contributed by atoms with Gasteiger partial charge in [-0.3, -0.25) is 4.98 Å². The van der Waals surface area contributed by atoms with Gasteiger partial charge in [-0.25, -0.2) is 0 Å². The first-order valence-corrected chi connectivity index (χ1v) is 5.00. The van der Waals surface area contributed by atoms with Crippen molar-refractivity contribution in [1.82, 2.24) is 4.98 Å². The zero-order valence-corrected chi connectivity index (χ0v) is 8.99. The maximum absolute atomic E-state index is 4.18. The van der Waals surface area contributed by atoms with E-state index in [1.807, 2.05) is 42.7 Å². The lowest BCUT2D eigenvalue weighted by molar-refractivity contribution is 1.21. The third-order valence-electron chi connectivity index (χ3n) is 2.52. The number of hydrogen-bond donors (Lipinski definition) is 1. The van der Waals surface area contributed by atoms with Crippen molar-refractivity contribution in [3.63, 3.8) is 0 Å². The molecule has 2 rings (SSSR count). The Hall–Kier alpha value is -1.83. The SMILES string of the molecule is Cc1cncc(Nc2ccccc2)c1C. The third kappa shape index (κ3) is 2.15. The maximum atomic E-state index is 4.18. The molecule has 0 radical (unpaired) electrons. The molecule has 0 bridgehead atoms. The van der Waals surface area contributed by atoms with E-state index in [1.165, 1.54) is 11.1 Å². The van der Waals surface area contributed by atoms with Crippen molar-refractivity contribution in [3.05, 3.63) is 53.9 Å². The summed E-state index contributed by atoms with van der Waals surface area (Å²) in [5.41, 5.74) is 4.61. The van der Waals surface area contributed by atoms with Crippen molar-refractivity contribution >= 4 is 11.4 Å². The van der Waals surface area contributed by atoms with E-state index in [2.05, 4.69) is 24.1 Å². The predicted molar refractivity (Wildman–Crippen MR) is 63.4 cm³/mol. The van der Waals surface area contributed by atoms with Gasteiger partial charge in [0.25, 0.3) is 0 Å². The van der Waals surface area contributed by atoms with Crippen molar-refractivity contribution in [2.24, 2.45) is 0 Å². The van der Waals surface area contributed by atoms with Gasteiger partial charge in [-0.1, -0.05) is 18.2 Å². The lowest BCUT2D eigenvalue weighted by Gasteiger charge is -2.10. The molecule has 0 aliphatic carbocycles. The number of anilines is 2. The van der Waals surface area contributed by atoms with Crippen LogP contribution >= 0.6 is 0 Å². The molecule has 15 heavy (non-hydrogen) atoms. The molecular weight excluding hydrogens is 184 g/mol. The largest absolute Gasteiger partial charge is 0.354 e. The molecule has 1 heterocycles. The molecule has 2 heteroatoms. The van der Waals surface area contributed by atoms with E-state index in [0.29, 0.717) is 0 Å². The molecule has 1 N–H and O–H groups in total. The molecule has 1 aromatic heterocycles. The number of benzene rings is 1. The fraction of sp³-hybridized carbons (Fsp3) is 0.154. The topological polar surface area (TPSA) is 24.9 Å². The van der Waals surface area contributed by atoms with E-state index >= 15 is 0 Å². The zero-order chi connectivity index (χ0) is 10.7. The second-order valence-electron chi connectivity index (χ2n) is 3.62. The van der Waals surface area contributed by atoms with Gasteiger partial charge in [0.2, 0.25) is 0 Å². The summed E-state index contributed by atoms with van der Waals surface area (Å²) >= 11 is 0. The highest BCUT2D eigenvalue weighted by molar-refractivity contribution is 5.62. The van der Waals surface area contributed by atoms with Crippen molar-refractivity contribution < 1.29 is 0 Å². The molecule has 2 nitrogen and oxygen atoms in total. The minimum atomic E-state index is 1.07. The summed E-state index contributed by atoms with van der Waals surface area (Å²) in [4.78, 5) is 4.18. The summed E-state index contributed by atoms with van der Waals surface area (Å²) in [5, 5.41) is 3.35. The van der Waals surface area contributed by atoms with Crippen LogP contribution in [0.25, 0.3) is 0 Å². The summed E-state index contributed by atoms with van der Waals surface area (Å²) in [7, 11) is 0. The molecule has 0 atom stereocenters. The highest BCUT2D eigenvalue weighted by atomic mass is 14.9. The van der Waals surface area contributed by atoms with Gasteiger partial charge in [0.05, 0.1) is 11.9 Å². The van der Waals surface area contributed by atoms with Crippen LogP contribution in [0.1, 0.15) is 11.1 Å². The highest BCUT2D eigenvalue weighted by Crippen LogP contribution is 2.20. The Bertz CT molecular complexity index is 449. The lowest BCUT2D eigenvalue weighted by atomic mass is 10.1. The summed E-state index contributed by atoms with van der Waals surface area (Å²) < 4.78 is 0. The molecular formula is C13H14N2. The molecule has 0 fully saturated rings. The zero-order valence-electron chi connectivity index (χ0n) is 8.99. The van der Waals surface area contributed by atoms with Crippen LogP contribution in [0, 0.1) is 13.8 Å². The number of aromatic nitrogens is 1. The Morgan fingerprint density at radius 3 is 2.47 bits per heavy atom. The molecule has 1 aromatic carbocycles. The number of rotatable bonds is 2. The summed E-state index contributed by atoms with van der Waals surface area (Å²) in [6, 6.07) is 10.1.